The second kappa shape index (κ2) is 5.07. The summed E-state index contributed by atoms with van der Waals surface area (Å²) in [6, 6.07) is 0. The number of ether oxygens (including phenoxy) is 2. The van der Waals surface area contributed by atoms with Crippen LogP contribution in [-0.2, 0) is 9.47 Å². The fourth-order valence-electron chi connectivity index (χ4n) is 1.68. The van der Waals surface area contributed by atoms with Gasteiger partial charge in [0.2, 0.25) is 0 Å². The molecule has 0 aromatic rings. The minimum atomic E-state index is 0.0753. The molecular formula is C10H22N2O2. The lowest BCUT2D eigenvalue weighted by molar-refractivity contribution is 0.0694. The second-order valence-corrected chi connectivity index (χ2v) is 4.15. The van der Waals surface area contributed by atoms with Gasteiger partial charge in [-0.2, -0.15) is 0 Å². The molecule has 1 aliphatic heterocycles. The van der Waals surface area contributed by atoms with Crippen molar-refractivity contribution in [2.75, 3.05) is 26.8 Å². The fraction of sp³-hybridized carbons (Fsp3) is 1.00. The van der Waals surface area contributed by atoms with Crippen molar-refractivity contribution in [2.45, 2.75) is 38.0 Å². The average Bonchev–Trinajstić information content (AvgIpc) is 2.49. The molecule has 0 amide bonds. The summed E-state index contributed by atoms with van der Waals surface area (Å²) in [5.41, 5.74) is 5.62. The van der Waals surface area contributed by atoms with Crippen LogP contribution in [0.5, 0.6) is 0 Å². The minimum absolute atomic E-state index is 0.0753. The van der Waals surface area contributed by atoms with Gasteiger partial charge in [-0.05, 0) is 20.3 Å². The van der Waals surface area contributed by atoms with Crippen LogP contribution < -0.4 is 11.1 Å². The van der Waals surface area contributed by atoms with Crippen molar-refractivity contribution < 1.29 is 9.47 Å². The fourth-order valence-corrected chi connectivity index (χ4v) is 1.68. The smallest absolute Gasteiger partial charge is 0.0817 e. The van der Waals surface area contributed by atoms with Crippen molar-refractivity contribution in [1.82, 2.24) is 5.32 Å². The van der Waals surface area contributed by atoms with E-state index in [0.29, 0.717) is 6.54 Å². The van der Waals surface area contributed by atoms with E-state index in [1.165, 1.54) is 0 Å². The SMILES string of the molecule is COC(CN)CNC1(C)CCOC1C. The van der Waals surface area contributed by atoms with Crippen LogP contribution in [-0.4, -0.2) is 44.6 Å². The van der Waals surface area contributed by atoms with E-state index in [1.807, 2.05) is 0 Å². The molecule has 1 fully saturated rings. The van der Waals surface area contributed by atoms with Gasteiger partial charge in [0.25, 0.3) is 0 Å². The molecule has 0 spiro atoms. The molecule has 1 heterocycles. The van der Waals surface area contributed by atoms with Gasteiger partial charge in [0.05, 0.1) is 12.2 Å². The maximum Gasteiger partial charge on any atom is 0.0817 e. The quantitative estimate of drug-likeness (QED) is 0.665. The first-order valence-electron chi connectivity index (χ1n) is 5.22. The highest BCUT2D eigenvalue weighted by Gasteiger charge is 2.36. The van der Waals surface area contributed by atoms with E-state index < -0.39 is 0 Å². The van der Waals surface area contributed by atoms with Crippen LogP contribution >= 0.6 is 0 Å². The molecule has 0 bridgehead atoms. The summed E-state index contributed by atoms with van der Waals surface area (Å²) in [6.07, 6.45) is 1.41. The Balaban J connectivity index is 2.35. The van der Waals surface area contributed by atoms with Gasteiger partial charge in [-0.25, -0.2) is 0 Å². The predicted molar refractivity (Wildman–Crippen MR) is 56.3 cm³/mol. The van der Waals surface area contributed by atoms with Crippen LogP contribution in [0.25, 0.3) is 0 Å². The highest BCUT2D eigenvalue weighted by Crippen LogP contribution is 2.24. The average molecular weight is 202 g/mol. The third-order valence-electron chi connectivity index (χ3n) is 3.22. The zero-order valence-corrected chi connectivity index (χ0v) is 9.38. The van der Waals surface area contributed by atoms with Gasteiger partial charge in [0, 0.05) is 32.3 Å². The summed E-state index contributed by atoms with van der Waals surface area (Å²) >= 11 is 0. The Labute approximate surface area is 86.1 Å². The Morgan fingerprint density at radius 2 is 2.43 bits per heavy atom. The summed E-state index contributed by atoms with van der Waals surface area (Å²) in [6.45, 7) is 6.47. The Hall–Kier alpha value is -0.160. The van der Waals surface area contributed by atoms with Crippen LogP contribution in [0.2, 0.25) is 0 Å². The van der Waals surface area contributed by atoms with Gasteiger partial charge < -0.3 is 20.5 Å². The predicted octanol–water partition coefficient (Wildman–Crippen LogP) is 0.117. The van der Waals surface area contributed by atoms with E-state index in [4.69, 9.17) is 15.2 Å². The molecule has 0 aromatic carbocycles. The Morgan fingerprint density at radius 3 is 2.86 bits per heavy atom. The molecule has 4 heteroatoms. The first kappa shape index (κ1) is 11.9. The Morgan fingerprint density at radius 1 is 1.71 bits per heavy atom. The number of methoxy groups -OCH3 is 1. The van der Waals surface area contributed by atoms with Crippen molar-refractivity contribution in [1.29, 1.82) is 0 Å². The number of nitrogens with one attached hydrogen (secondary N) is 1. The van der Waals surface area contributed by atoms with Crippen molar-refractivity contribution in [3.63, 3.8) is 0 Å². The van der Waals surface area contributed by atoms with Crippen LogP contribution in [0.1, 0.15) is 20.3 Å². The number of hydrogen-bond donors (Lipinski definition) is 2. The maximum atomic E-state index is 5.55. The summed E-state index contributed by atoms with van der Waals surface area (Å²) in [5, 5.41) is 3.48. The van der Waals surface area contributed by atoms with Crippen molar-refractivity contribution >= 4 is 0 Å². The Kier molecular flexibility index (Phi) is 4.31. The minimum Gasteiger partial charge on any atom is -0.379 e. The lowest BCUT2D eigenvalue weighted by Gasteiger charge is -2.30. The molecule has 14 heavy (non-hydrogen) atoms. The van der Waals surface area contributed by atoms with E-state index >= 15 is 0 Å². The van der Waals surface area contributed by atoms with E-state index in [2.05, 4.69) is 19.2 Å². The molecule has 0 saturated carbocycles. The first-order chi connectivity index (χ1) is 6.62. The molecule has 4 nitrogen and oxygen atoms in total. The zero-order valence-electron chi connectivity index (χ0n) is 9.38. The van der Waals surface area contributed by atoms with Crippen molar-refractivity contribution in [3.8, 4) is 0 Å². The second-order valence-electron chi connectivity index (χ2n) is 4.15. The zero-order chi connectivity index (χ0) is 10.6. The van der Waals surface area contributed by atoms with E-state index in [9.17, 15) is 0 Å². The summed E-state index contributed by atoms with van der Waals surface area (Å²) in [5.74, 6) is 0. The molecule has 0 radical (unpaired) electrons. The normalized spacial score (nSPS) is 34.7. The first-order valence-corrected chi connectivity index (χ1v) is 5.22. The molecule has 84 valence electrons. The molecule has 1 aliphatic rings. The van der Waals surface area contributed by atoms with Crippen LogP contribution in [0.15, 0.2) is 0 Å². The molecule has 3 unspecified atom stereocenters. The van der Waals surface area contributed by atoms with Gasteiger partial charge in [-0.3, -0.25) is 0 Å². The molecule has 3 N–H and O–H groups in total. The third-order valence-corrected chi connectivity index (χ3v) is 3.22. The molecule has 1 rings (SSSR count). The lowest BCUT2D eigenvalue weighted by Crippen LogP contribution is -2.51. The number of nitrogens with two attached hydrogens (primary N) is 1. The third kappa shape index (κ3) is 2.67. The Bertz CT molecular complexity index is 174. The summed E-state index contributed by atoms with van der Waals surface area (Å²) in [4.78, 5) is 0. The molecule has 0 aliphatic carbocycles. The van der Waals surface area contributed by atoms with E-state index in [0.717, 1.165) is 19.6 Å². The molecule has 3 atom stereocenters. The van der Waals surface area contributed by atoms with Crippen LogP contribution in [0.4, 0.5) is 0 Å². The number of rotatable bonds is 5. The van der Waals surface area contributed by atoms with Gasteiger partial charge >= 0.3 is 0 Å². The highest BCUT2D eigenvalue weighted by atomic mass is 16.5. The maximum absolute atomic E-state index is 5.55. The van der Waals surface area contributed by atoms with Crippen molar-refractivity contribution in [2.24, 2.45) is 5.73 Å². The van der Waals surface area contributed by atoms with Crippen LogP contribution in [0, 0.1) is 0 Å². The van der Waals surface area contributed by atoms with Gasteiger partial charge in [0.15, 0.2) is 0 Å². The highest BCUT2D eigenvalue weighted by molar-refractivity contribution is 4.94. The standard InChI is InChI=1S/C10H22N2O2/c1-8-10(2,4-5-14-8)12-7-9(6-11)13-3/h8-9,12H,4-7,11H2,1-3H3. The molecular weight excluding hydrogens is 180 g/mol. The van der Waals surface area contributed by atoms with Gasteiger partial charge in [-0.1, -0.05) is 0 Å². The van der Waals surface area contributed by atoms with E-state index in [-0.39, 0.29) is 17.7 Å². The molecule has 0 aromatic heterocycles. The largest absolute Gasteiger partial charge is 0.379 e. The number of hydrogen-bond acceptors (Lipinski definition) is 4. The van der Waals surface area contributed by atoms with E-state index in [1.54, 1.807) is 7.11 Å². The van der Waals surface area contributed by atoms with Gasteiger partial charge in [0.1, 0.15) is 0 Å². The monoisotopic (exact) mass is 202 g/mol. The van der Waals surface area contributed by atoms with Gasteiger partial charge in [-0.15, -0.1) is 0 Å². The van der Waals surface area contributed by atoms with Crippen LogP contribution in [0.3, 0.4) is 0 Å². The lowest BCUT2D eigenvalue weighted by atomic mass is 9.94. The summed E-state index contributed by atoms with van der Waals surface area (Å²) in [7, 11) is 1.69. The topological polar surface area (TPSA) is 56.5 Å². The summed E-state index contributed by atoms with van der Waals surface area (Å²) < 4.78 is 10.7. The van der Waals surface area contributed by atoms with Crippen molar-refractivity contribution in [3.05, 3.63) is 0 Å². The molecule has 1 saturated heterocycles.